The van der Waals surface area contributed by atoms with E-state index in [-0.39, 0.29) is 13.1 Å². The lowest BCUT2D eigenvalue weighted by Crippen LogP contribution is -2.44. The molecule has 158 valence electrons. The lowest BCUT2D eigenvalue weighted by Gasteiger charge is -2.26. The molecule has 1 fully saturated rings. The van der Waals surface area contributed by atoms with Crippen molar-refractivity contribution in [2.75, 3.05) is 13.7 Å². The van der Waals surface area contributed by atoms with Crippen molar-refractivity contribution in [1.29, 1.82) is 0 Å². The second kappa shape index (κ2) is 8.75. The Kier molecular flexibility index (Phi) is 6.31. The molecule has 30 heavy (non-hydrogen) atoms. The quantitative estimate of drug-likeness (QED) is 0.662. The largest absolute Gasteiger partial charge is 0.496 e. The van der Waals surface area contributed by atoms with Crippen LogP contribution in [0, 0.1) is 6.92 Å². The predicted molar refractivity (Wildman–Crippen MR) is 113 cm³/mol. The number of methoxy groups -OCH3 is 1. The molecule has 1 atom stereocenters. The van der Waals surface area contributed by atoms with E-state index in [2.05, 4.69) is 10.6 Å². The highest BCUT2D eigenvalue weighted by Gasteiger charge is 2.51. The Morgan fingerprint density at radius 3 is 2.50 bits per heavy atom. The van der Waals surface area contributed by atoms with Crippen LogP contribution in [0.4, 0.5) is 4.79 Å². The third kappa shape index (κ3) is 4.11. The summed E-state index contributed by atoms with van der Waals surface area (Å²) >= 11 is 5.85. The van der Waals surface area contributed by atoms with Gasteiger partial charge in [-0.25, -0.2) is 4.79 Å². The van der Waals surface area contributed by atoms with Crippen LogP contribution in [-0.4, -0.2) is 36.4 Å². The molecule has 1 unspecified atom stereocenters. The van der Waals surface area contributed by atoms with Gasteiger partial charge in [-0.2, -0.15) is 0 Å². The van der Waals surface area contributed by atoms with Gasteiger partial charge in [-0.15, -0.1) is 0 Å². The third-order valence-electron chi connectivity index (χ3n) is 5.30. The van der Waals surface area contributed by atoms with Gasteiger partial charge in [0.1, 0.15) is 17.8 Å². The molecule has 3 rings (SSSR count). The van der Waals surface area contributed by atoms with E-state index in [0.29, 0.717) is 22.8 Å². The van der Waals surface area contributed by atoms with Gasteiger partial charge in [0.2, 0.25) is 5.91 Å². The minimum absolute atomic E-state index is 0.274. The summed E-state index contributed by atoms with van der Waals surface area (Å²) in [5.41, 5.74) is 1.17. The smallest absolute Gasteiger partial charge is 0.325 e. The molecule has 0 bridgehead atoms. The second-order valence-corrected chi connectivity index (χ2v) is 7.60. The number of halogens is 1. The molecule has 4 amide bonds. The van der Waals surface area contributed by atoms with Gasteiger partial charge in [-0.05, 0) is 54.3 Å². The van der Waals surface area contributed by atoms with Crippen LogP contribution in [0.25, 0.3) is 0 Å². The number of benzene rings is 2. The Balaban J connectivity index is 1.73. The van der Waals surface area contributed by atoms with Crippen LogP contribution in [0.1, 0.15) is 30.0 Å². The standard InChI is InChI=1S/C22H24ClN3O4/c1-4-22(16-7-10-18(30-3)14(2)11-16)20(28)26(21(29)25-22)13-19(27)24-12-15-5-8-17(23)9-6-15/h5-11H,4,12-13H2,1-3H3,(H,24,27)(H,25,29). The first-order chi connectivity index (χ1) is 14.3. The maximum absolute atomic E-state index is 13.2. The predicted octanol–water partition coefficient (Wildman–Crippen LogP) is 3.13. The number of hydrogen-bond donors (Lipinski definition) is 2. The Morgan fingerprint density at radius 2 is 1.90 bits per heavy atom. The van der Waals surface area contributed by atoms with Gasteiger partial charge >= 0.3 is 6.03 Å². The fourth-order valence-corrected chi connectivity index (χ4v) is 3.68. The summed E-state index contributed by atoms with van der Waals surface area (Å²) in [6.45, 7) is 3.61. The van der Waals surface area contributed by atoms with Crippen LogP contribution >= 0.6 is 11.6 Å². The van der Waals surface area contributed by atoms with Crippen LogP contribution in [-0.2, 0) is 21.7 Å². The number of nitrogens with zero attached hydrogens (tertiary/aromatic N) is 1. The SMILES string of the molecule is CCC1(c2ccc(OC)c(C)c2)NC(=O)N(CC(=O)NCc2ccc(Cl)cc2)C1=O. The Bertz CT molecular complexity index is 977. The summed E-state index contributed by atoms with van der Waals surface area (Å²) < 4.78 is 5.28. The molecule has 1 heterocycles. The van der Waals surface area contributed by atoms with E-state index in [4.69, 9.17) is 16.3 Å². The van der Waals surface area contributed by atoms with Crippen molar-refractivity contribution >= 4 is 29.4 Å². The van der Waals surface area contributed by atoms with E-state index in [9.17, 15) is 14.4 Å². The van der Waals surface area contributed by atoms with Crippen molar-refractivity contribution in [3.63, 3.8) is 0 Å². The third-order valence-corrected chi connectivity index (χ3v) is 5.55. The maximum atomic E-state index is 13.2. The van der Waals surface area contributed by atoms with Gasteiger partial charge in [-0.3, -0.25) is 14.5 Å². The zero-order valence-electron chi connectivity index (χ0n) is 17.1. The topological polar surface area (TPSA) is 87.7 Å². The fraction of sp³-hybridized carbons (Fsp3) is 0.318. The normalized spacial score (nSPS) is 18.3. The molecule has 0 spiro atoms. The number of imide groups is 1. The lowest BCUT2D eigenvalue weighted by atomic mass is 9.86. The van der Waals surface area contributed by atoms with Gasteiger partial charge in [0, 0.05) is 11.6 Å². The highest BCUT2D eigenvalue weighted by molar-refractivity contribution is 6.30. The first-order valence-electron chi connectivity index (χ1n) is 9.61. The zero-order valence-corrected chi connectivity index (χ0v) is 17.9. The van der Waals surface area contributed by atoms with E-state index in [1.807, 2.05) is 19.9 Å². The summed E-state index contributed by atoms with van der Waals surface area (Å²) in [4.78, 5) is 39.1. The van der Waals surface area contributed by atoms with Crippen molar-refractivity contribution in [3.8, 4) is 5.75 Å². The highest BCUT2D eigenvalue weighted by atomic mass is 35.5. The van der Waals surface area contributed by atoms with E-state index >= 15 is 0 Å². The zero-order chi connectivity index (χ0) is 21.9. The molecule has 1 aliphatic heterocycles. The lowest BCUT2D eigenvalue weighted by molar-refractivity contribution is -0.135. The number of aryl methyl sites for hydroxylation is 1. The number of rotatable bonds is 7. The van der Waals surface area contributed by atoms with Gasteiger partial charge in [-0.1, -0.05) is 36.7 Å². The van der Waals surface area contributed by atoms with E-state index in [1.165, 1.54) is 0 Å². The molecule has 0 aliphatic carbocycles. The molecule has 1 saturated heterocycles. The average molecular weight is 430 g/mol. The van der Waals surface area contributed by atoms with Crippen LogP contribution in [0.3, 0.4) is 0 Å². The van der Waals surface area contributed by atoms with E-state index in [0.717, 1.165) is 16.0 Å². The molecular weight excluding hydrogens is 406 g/mol. The molecule has 7 nitrogen and oxygen atoms in total. The van der Waals surface area contributed by atoms with Gasteiger partial charge in [0.15, 0.2) is 0 Å². The molecule has 2 N–H and O–H groups in total. The van der Waals surface area contributed by atoms with Crippen molar-refractivity contribution in [1.82, 2.24) is 15.5 Å². The number of hydrogen-bond acceptors (Lipinski definition) is 4. The van der Waals surface area contributed by atoms with E-state index in [1.54, 1.807) is 43.5 Å². The molecule has 8 heteroatoms. The van der Waals surface area contributed by atoms with Crippen LogP contribution < -0.4 is 15.4 Å². The molecule has 2 aromatic carbocycles. The van der Waals surface area contributed by atoms with Crippen molar-refractivity contribution in [2.45, 2.75) is 32.4 Å². The van der Waals surface area contributed by atoms with Crippen molar-refractivity contribution in [2.24, 2.45) is 0 Å². The number of amides is 4. The van der Waals surface area contributed by atoms with Gasteiger partial charge < -0.3 is 15.4 Å². The Morgan fingerprint density at radius 1 is 1.20 bits per heavy atom. The first-order valence-corrected chi connectivity index (χ1v) is 9.99. The van der Waals surface area contributed by atoms with Crippen LogP contribution in [0.5, 0.6) is 5.75 Å². The monoisotopic (exact) mass is 429 g/mol. The summed E-state index contributed by atoms with van der Waals surface area (Å²) in [6, 6.07) is 11.8. The second-order valence-electron chi connectivity index (χ2n) is 7.17. The molecule has 0 radical (unpaired) electrons. The summed E-state index contributed by atoms with van der Waals surface area (Å²) in [6.07, 6.45) is 0.353. The minimum Gasteiger partial charge on any atom is -0.496 e. The van der Waals surface area contributed by atoms with Gasteiger partial charge in [0.05, 0.1) is 7.11 Å². The van der Waals surface area contributed by atoms with Crippen LogP contribution in [0.15, 0.2) is 42.5 Å². The number of carbonyl (C=O) groups is 3. The number of urea groups is 1. The number of carbonyl (C=O) groups excluding carboxylic acids is 3. The Hall–Kier alpha value is -3.06. The summed E-state index contributed by atoms with van der Waals surface area (Å²) in [5, 5.41) is 6.11. The number of ether oxygens (including phenoxy) is 1. The maximum Gasteiger partial charge on any atom is 0.325 e. The first kappa shape index (κ1) is 21.6. The van der Waals surface area contributed by atoms with Crippen molar-refractivity contribution < 1.29 is 19.1 Å². The summed E-state index contributed by atoms with van der Waals surface area (Å²) in [5.74, 6) is -0.173. The number of nitrogens with one attached hydrogen (secondary N) is 2. The van der Waals surface area contributed by atoms with Crippen LogP contribution in [0.2, 0.25) is 5.02 Å². The average Bonchev–Trinajstić information content (AvgIpc) is 2.98. The van der Waals surface area contributed by atoms with Crippen molar-refractivity contribution in [3.05, 3.63) is 64.2 Å². The Labute approximate surface area is 180 Å². The fourth-order valence-electron chi connectivity index (χ4n) is 3.56. The molecule has 0 saturated carbocycles. The molecule has 0 aromatic heterocycles. The molecule has 2 aromatic rings. The van der Waals surface area contributed by atoms with E-state index < -0.39 is 23.4 Å². The highest BCUT2D eigenvalue weighted by Crippen LogP contribution is 2.34. The summed E-state index contributed by atoms with van der Waals surface area (Å²) in [7, 11) is 1.57. The minimum atomic E-state index is -1.20. The molecule has 1 aliphatic rings. The molecular formula is C22H24ClN3O4. The van der Waals surface area contributed by atoms with Gasteiger partial charge in [0.25, 0.3) is 5.91 Å².